The Kier molecular flexibility index (Phi) is 5.18. The molecule has 0 aliphatic rings. The highest BCUT2D eigenvalue weighted by atomic mass is 32.2. The highest BCUT2D eigenvalue weighted by Crippen LogP contribution is 2.27. The van der Waals surface area contributed by atoms with Gasteiger partial charge in [-0.3, -0.25) is 19.5 Å². The molecule has 0 aliphatic heterocycles. The zero-order chi connectivity index (χ0) is 18.7. The molecule has 1 aromatic heterocycles. The van der Waals surface area contributed by atoms with Crippen molar-refractivity contribution in [1.29, 1.82) is 0 Å². The monoisotopic (exact) mass is 367 g/mol. The molecule has 0 spiro atoms. The van der Waals surface area contributed by atoms with Gasteiger partial charge >= 0.3 is 0 Å². The standard InChI is InChI=1S/C19H17N3O3S/c1-3-11-21-18(23)15-8-4-5-9-16(15)20-19(21)26-12-14-7-6-10-17(13(14)2)22(24)25/h3-10H,1,11-12H2,2H3. The number of nitro benzene ring substituents is 1. The number of nitro groups is 1. The molecular formula is C19H17N3O3S. The van der Waals surface area contributed by atoms with Gasteiger partial charge in [0.2, 0.25) is 0 Å². The third-order valence-electron chi connectivity index (χ3n) is 4.11. The summed E-state index contributed by atoms with van der Waals surface area (Å²) in [6.45, 7) is 5.80. The molecule has 26 heavy (non-hydrogen) atoms. The van der Waals surface area contributed by atoms with Gasteiger partial charge in [-0.25, -0.2) is 4.98 Å². The molecule has 3 rings (SSSR count). The summed E-state index contributed by atoms with van der Waals surface area (Å²) in [5.41, 5.74) is 2.09. The van der Waals surface area contributed by atoms with Crippen molar-refractivity contribution in [1.82, 2.24) is 9.55 Å². The lowest BCUT2D eigenvalue weighted by Crippen LogP contribution is -2.22. The van der Waals surface area contributed by atoms with Crippen LogP contribution in [-0.4, -0.2) is 14.5 Å². The minimum Gasteiger partial charge on any atom is -0.283 e. The van der Waals surface area contributed by atoms with E-state index < -0.39 is 0 Å². The summed E-state index contributed by atoms with van der Waals surface area (Å²) in [4.78, 5) is 28.1. The molecule has 0 unspecified atom stereocenters. The SMILES string of the molecule is C=CCn1c(SCc2cccc([N+](=O)[O-])c2C)nc2ccccc2c1=O. The molecule has 0 atom stereocenters. The Morgan fingerprint density at radius 3 is 2.77 bits per heavy atom. The quantitative estimate of drug-likeness (QED) is 0.216. The highest BCUT2D eigenvalue weighted by Gasteiger charge is 2.15. The number of allylic oxidation sites excluding steroid dienone is 1. The number of nitrogens with zero attached hydrogens (tertiary/aromatic N) is 3. The second-order valence-electron chi connectivity index (χ2n) is 5.72. The Balaban J connectivity index is 2.00. The van der Waals surface area contributed by atoms with Crippen molar-refractivity contribution >= 4 is 28.4 Å². The summed E-state index contributed by atoms with van der Waals surface area (Å²) in [6, 6.07) is 12.2. The smallest absolute Gasteiger partial charge is 0.272 e. The van der Waals surface area contributed by atoms with E-state index in [2.05, 4.69) is 11.6 Å². The number of rotatable bonds is 6. The van der Waals surface area contributed by atoms with Crippen LogP contribution in [0.15, 0.2) is 65.1 Å². The topological polar surface area (TPSA) is 78.0 Å². The van der Waals surface area contributed by atoms with Gasteiger partial charge in [0.15, 0.2) is 5.16 Å². The van der Waals surface area contributed by atoms with Gasteiger partial charge in [-0.05, 0) is 24.6 Å². The molecule has 0 aliphatic carbocycles. The van der Waals surface area contributed by atoms with Crippen molar-refractivity contribution in [3.8, 4) is 0 Å². The zero-order valence-corrected chi connectivity index (χ0v) is 15.0. The van der Waals surface area contributed by atoms with E-state index in [0.717, 1.165) is 5.56 Å². The van der Waals surface area contributed by atoms with Gasteiger partial charge in [0.05, 0.1) is 15.8 Å². The summed E-state index contributed by atoms with van der Waals surface area (Å²) in [5, 5.41) is 12.2. The molecule has 6 nitrogen and oxygen atoms in total. The summed E-state index contributed by atoms with van der Waals surface area (Å²) >= 11 is 1.39. The number of para-hydroxylation sites is 1. The lowest BCUT2D eigenvalue weighted by molar-refractivity contribution is -0.385. The molecule has 1 heterocycles. The van der Waals surface area contributed by atoms with Crippen LogP contribution in [0.1, 0.15) is 11.1 Å². The van der Waals surface area contributed by atoms with E-state index in [1.54, 1.807) is 35.8 Å². The van der Waals surface area contributed by atoms with Crippen molar-refractivity contribution in [3.63, 3.8) is 0 Å². The maximum atomic E-state index is 12.7. The summed E-state index contributed by atoms with van der Waals surface area (Å²) < 4.78 is 1.58. The van der Waals surface area contributed by atoms with E-state index in [4.69, 9.17) is 0 Å². The number of fused-ring (bicyclic) bond motifs is 1. The molecule has 0 saturated heterocycles. The van der Waals surface area contributed by atoms with Crippen LogP contribution in [0.5, 0.6) is 0 Å². The molecule has 132 valence electrons. The first-order valence-corrected chi connectivity index (χ1v) is 8.97. The third kappa shape index (κ3) is 3.39. The summed E-state index contributed by atoms with van der Waals surface area (Å²) in [6.07, 6.45) is 1.65. The van der Waals surface area contributed by atoms with Crippen LogP contribution in [0, 0.1) is 17.0 Å². The predicted molar refractivity (Wildman–Crippen MR) is 104 cm³/mol. The van der Waals surface area contributed by atoms with Crippen LogP contribution in [0.2, 0.25) is 0 Å². The van der Waals surface area contributed by atoms with Crippen molar-refractivity contribution in [2.45, 2.75) is 24.4 Å². The Morgan fingerprint density at radius 2 is 2.04 bits per heavy atom. The molecule has 0 N–H and O–H groups in total. The Labute approximate surface area is 154 Å². The molecule has 0 amide bonds. The minimum absolute atomic E-state index is 0.0954. The fraction of sp³-hybridized carbons (Fsp3) is 0.158. The molecule has 0 bridgehead atoms. The average Bonchev–Trinajstić information content (AvgIpc) is 2.63. The van der Waals surface area contributed by atoms with Crippen LogP contribution in [0.3, 0.4) is 0 Å². The summed E-state index contributed by atoms with van der Waals surface area (Å²) in [7, 11) is 0. The Morgan fingerprint density at radius 1 is 1.27 bits per heavy atom. The van der Waals surface area contributed by atoms with E-state index in [9.17, 15) is 14.9 Å². The molecule has 0 radical (unpaired) electrons. The van der Waals surface area contributed by atoms with Gasteiger partial charge in [0.25, 0.3) is 11.2 Å². The van der Waals surface area contributed by atoms with Crippen LogP contribution < -0.4 is 5.56 Å². The second kappa shape index (κ2) is 7.53. The molecule has 2 aromatic carbocycles. The highest BCUT2D eigenvalue weighted by molar-refractivity contribution is 7.98. The fourth-order valence-corrected chi connectivity index (χ4v) is 3.79. The maximum absolute atomic E-state index is 12.7. The van der Waals surface area contributed by atoms with Gasteiger partial charge in [-0.15, -0.1) is 6.58 Å². The van der Waals surface area contributed by atoms with Crippen LogP contribution in [0.25, 0.3) is 10.9 Å². The Bertz CT molecular complexity index is 1060. The Hall–Kier alpha value is -2.93. The zero-order valence-electron chi connectivity index (χ0n) is 14.2. The van der Waals surface area contributed by atoms with Crippen LogP contribution in [-0.2, 0) is 12.3 Å². The second-order valence-corrected chi connectivity index (χ2v) is 6.67. The molecule has 3 aromatic rings. The van der Waals surface area contributed by atoms with Gasteiger partial charge in [0.1, 0.15) is 0 Å². The van der Waals surface area contributed by atoms with E-state index in [1.807, 2.05) is 18.2 Å². The number of benzene rings is 2. The first-order chi connectivity index (χ1) is 12.5. The first kappa shape index (κ1) is 17.9. The van der Waals surface area contributed by atoms with Gasteiger partial charge < -0.3 is 0 Å². The molecule has 0 saturated carbocycles. The fourth-order valence-electron chi connectivity index (χ4n) is 2.71. The van der Waals surface area contributed by atoms with E-state index in [0.29, 0.717) is 33.9 Å². The van der Waals surface area contributed by atoms with Gasteiger partial charge in [-0.2, -0.15) is 0 Å². The predicted octanol–water partition coefficient (Wildman–Crippen LogP) is 4.09. The van der Waals surface area contributed by atoms with Crippen LogP contribution in [0.4, 0.5) is 5.69 Å². The molecular weight excluding hydrogens is 350 g/mol. The van der Waals surface area contributed by atoms with Crippen molar-refractivity contribution in [3.05, 3.63) is 86.7 Å². The van der Waals surface area contributed by atoms with E-state index >= 15 is 0 Å². The molecule has 0 fully saturated rings. The summed E-state index contributed by atoms with van der Waals surface area (Å²) in [5.74, 6) is 0.482. The van der Waals surface area contributed by atoms with Crippen molar-refractivity contribution in [2.24, 2.45) is 0 Å². The van der Waals surface area contributed by atoms with Crippen molar-refractivity contribution < 1.29 is 4.92 Å². The third-order valence-corrected chi connectivity index (χ3v) is 5.13. The van der Waals surface area contributed by atoms with Crippen LogP contribution >= 0.6 is 11.8 Å². The number of hydrogen-bond donors (Lipinski definition) is 0. The lowest BCUT2D eigenvalue weighted by atomic mass is 10.1. The maximum Gasteiger partial charge on any atom is 0.272 e. The number of aromatic nitrogens is 2. The van der Waals surface area contributed by atoms with Gasteiger partial charge in [0, 0.05) is 23.9 Å². The largest absolute Gasteiger partial charge is 0.283 e. The van der Waals surface area contributed by atoms with E-state index in [-0.39, 0.29) is 16.2 Å². The van der Waals surface area contributed by atoms with E-state index in [1.165, 1.54) is 17.8 Å². The average molecular weight is 367 g/mol. The first-order valence-electron chi connectivity index (χ1n) is 7.99. The number of hydrogen-bond acceptors (Lipinski definition) is 5. The molecule has 7 heteroatoms. The lowest BCUT2D eigenvalue weighted by Gasteiger charge is -2.12. The minimum atomic E-state index is -0.384. The van der Waals surface area contributed by atoms with Gasteiger partial charge in [-0.1, -0.05) is 42.1 Å². The normalized spacial score (nSPS) is 10.8. The van der Waals surface area contributed by atoms with Crippen molar-refractivity contribution in [2.75, 3.05) is 0 Å². The number of thioether (sulfide) groups is 1.